The SMILES string of the molecule is CCOC(=O)CC1(C)C2=C3C=C4C=CC(=O)C=C4OC3CCN2c2ccc3cc(C)ccc3c21. The van der Waals surface area contributed by atoms with Crippen LogP contribution in [0.5, 0.6) is 0 Å². The molecule has 0 saturated heterocycles. The molecule has 2 aromatic rings. The van der Waals surface area contributed by atoms with Gasteiger partial charge in [0.25, 0.3) is 0 Å². The van der Waals surface area contributed by atoms with Crippen molar-refractivity contribution in [1.29, 1.82) is 0 Å². The van der Waals surface area contributed by atoms with Gasteiger partial charge in [-0.15, -0.1) is 0 Å². The van der Waals surface area contributed by atoms with Gasteiger partial charge in [0.1, 0.15) is 11.9 Å². The van der Waals surface area contributed by atoms with Crippen LogP contribution in [0.2, 0.25) is 0 Å². The number of hydrogen-bond donors (Lipinski definition) is 0. The zero-order chi connectivity index (χ0) is 23.6. The Hall–Kier alpha value is -3.60. The molecule has 172 valence electrons. The number of allylic oxidation sites excluding steroid dienone is 4. The molecule has 6 rings (SSSR count). The second-order valence-electron chi connectivity index (χ2n) is 9.69. The van der Waals surface area contributed by atoms with Crippen LogP contribution < -0.4 is 4.90 Å². The third-order valence-corrected chi connectivity index (χ3v) is 7.39. The Labute approximate surface area is 199 Å². The Morgan fingerprint density at radius 1 is 1.21 bits per heavy atom. The molecule has 34 heavy (non-hydrogen) atoms. The largest absolute Gasteiger partial charge is 0.485 e. The zero-order valence-corrected chi connectivity index (χ0v) is 19.7. The number of benzene rings is 2. The molecule has 5 heteroatoms. The molecule has 2 aromatic carbocycles. The predicted molar refractivity (Wildman–Crippen MR) is 131 cm³/mol. The summed E-state index contributed by atoms with van der Waals surface area (Å²) in [6.45, 7) is 7.25. The average Bonchev–Trinajstić information content (AvgIpc) is 3.06. The Bertz CT molecular complexity index is 1390. The number of ketones is 1. The number of esters is 1. The van der Waals surface area contributed by atoms with E-state index in [0.717, 1.165) is 35.5 Å². The second-order valence-corrected chi connectivity index (χ2v) is 9.69. The molecule has 0 N–H and O–H groups in total. The normalized spacial score (nSPS) is 24.6. The molecule has 0 spiro atoms. The number of carbonyl (C=O) groups is 2. The molecule has 1 aliphatic carbocycles. The van der Waals surface area contributed by atoms with Gasteiger partial charge in [0.05, 0.1) is 13.0 Å². The highest BCUT2D eigenvalue weighted by Gasteiger charge is 2.51. The van der Waals surface area contributed by atoms with Crippen LogP contribution in [0.4, 0.5) is 5.69 Å². The number of aryl methyl sites for hydroxylation is 1. The molecule has 2 unspecified atom stereocenters. The van der Waals surface area contributed by atoms with Crippen LogP contribution in [-0.4, -0.2) is 31.0 Å². The molecule has 3 aliphatic heterocycles. The predicted octanol–water partition coefficient (Wildman–Crippen LogP) is 5.18. The van der Waals surface area contributed by atoms with E-state index in [1.807, 2.05) is 13.0 Å². The molecule has 0 aromatic heterocycles. The van der Waals surface area contributed by atoms with Crippen LogP contribution in [0, 0.1) is 6.92 Å². The maximum absolute atomic E-state index is 12.9. The van der Waals surface area contributed by atoms with Crippen molar-refractivity contribution in [3.8, 4) is 0 Å². The number of carbonyl (C=O) groups excluding carboxylic acids is 2. The van der Waals surface area contributed by atoms with Crippen molar-refractivity contribution in [2.24, 2.45) is 0 Å². The number of fused-ring (bicyclic) bond motifs is 7. The summed E-state index contributed by atoms with van der Waals surface area (Å²) in [7, 11) is 0. The van der Waals surface area contributed by atoms with Crippen molar-refractivity contribution in [3.63, 3.8) is 0 Å². The van der Waals surface area contributed by atoms with E-state index in [2.05, 4.69) is 55.2 Å². The minimum Gasteiger partial charge on any atom is -0.485 e. The summed E-state index contributed by atoms with van der Waals surface area (Å²) in [6.07, 6.45) is 8.01. The Morgan fingerprint density at radius 3 is 2.88 bits per heavy atom. The Balaban J connectivity index is 1.62. The number of nitrogens with zero attached hydrogens (tertiary/aromatic N) is 1. The topological polar surface area (TPSA) is 55.8 Å². The first kappa shape index (κ1) is 21.0. The van der Waals surface area contributed by atoms with Crippen molar-refractivity contribution in [2.75, 3.05) is 18.1 Å². The van der Waals surface area contributed by atoms with Gasteiger partial charge in [0.15, 0.2) is 5.78 Å². The lowest BCUT2D eigenvalue weighted by Crippen LogP contribution is -2.41. The van der Waals surface area contributed by atoms with Crippen LogP contribution in [-0.2, 0) is 24.5 Å². The molecular formula is C29H27NO4. The van der Waals surface area contributed by atoms with Gasteiger partial charge in [0, 0.05) is 47.0 Å². The fourth-order valence-corrected chi connectivity index (χ4v) is 6.05. The van der Waals surface area contributed by atoms with Gasteiger partial charge in [-0.2, -0.15) is 0 Å². The summed E-state index contributed by atoms with van der Waals surface area (Å²) in [6, 6.07) is 10.9. The monoisotopic (exact) mass is 453 g/mol. The first-order valence-corrected chi connectivity index (χ1v) is 11.9. The first-order valence-electron chi connectivity index (χ1n) is 11.9. The standard InChI is InChI=1S/C29H27NO4/c1-4-33-26(32)16-29(3)27-21-9-5-17(2)13-18(21)7-10-23(27)30-12-11-24-22(28(29)30)14-19-6-8-20(31)15-25(19)34-24/h5-10,13-15,24H,4,11-12,16H2,1-3H3. The van der Waals surface area contributed by atoms with Crippen molar-refractivity contribution >= 4 is 28.2 Å². The Kier molecular flexibility index (Phi) is 4.60. The number of rotatable bonds is 3. The maximum atomic E-state index is 12.9. The molecule has 0 amide bonds. The number of ether oxygens (including phenoxy) is 2. The lowest BCUT2D eigenvalue weighted by molar-refractivity contribution is -0.144. The molecule has 0 radical (unpaired) electrons. The fourth-order valence-electron chi connectivity index (χ4n) is 6.05. The summed E-state index contributed by atoms with van der Waals surface area (Å²) < 4.78 is 11.8. The lowest BCUT2D eigenvalue weighted by Gasteiger charge is -2.41. The molecule has 5 nitrogen and oxygen atoms in total. The quantitative estimate of drug-likeness (QED) is 0.599. The highest BCUT2D eigenvalue weighted by molar-refractivity contribution is 6.02. The average molecular weight is 454 g/mol. The van der Waals surface area contributed by atoms with E-state index < -0.39 is 5.41 Å². The minimum absolute atomic E-state index is 0.0529. The zero-order valence-electron chi connectivity index (χ0n) is 19.7. The smallest absolute Gasteiger partial charge is 0.307 e. The van der Waals surface area contributed by atoms with Crippen molar-refractivity contribution in [3.05, 3.63) is 88.4 Å². The van der Waals surface area contributed by atoms with Gasteiger partial charge < -0.3 is 14.4 Å². The van der Waals surface area contributed by atoms with Gasteiger partial charge in [-0.25, -0.2) is 0 Å². The van der Waals surface area contributed by atoms with E-state index >= 15 is 0 Å². The molecule has 4 aliphatic rings. The number of anilines is 1. The summed E-state index contributed by atoms with van der Waals surface area (Å²) in [5, 5.41) is 2.34. The summed E-state index contributed by atoms with van der Waals surface area (Å²) in [5.74, 6) is 0.381. The van der Waals surface area contributed by atoms with E-state index in [9.17, 15) is 9.59 Å². The van der Waals surface area contributed by atoms with Crippen LogP contribution >= 0.6 is 0 Å². The molecule has 2 atom stereocenters. The second kappa shape index (κ2) is 7.45. The van der Waals surface area contributed by atoms with Crippen LogP contribution in [0.1, 0.15) is 37.8 Å². The van der Waals surface area contributed by atoms with E-state index in [0.29, 0.717) is 12.4 Å². The highest BCUT2D eigenvalue weighted by atomic mass is 16.5. The lowest BCUT2D eigenvalue weighted by atomic mass is 9.73. The molecule has 0 bridgehead atoms. The van der Waals surface area contributed by atoms with Gasteiger partial charge in [0.2, 0.25) is 0 Å². The fraction of sp³-hybridized carbons (Fsp3) is 0.310. The summed E-state index contributed by atoms with van der Waals surface area (Å²) in [5.41, 5.74) is 6.06. The first-order chi connectivity index (χ1) is 16.4. The van der Waals surface area contributed by atoms with Crippen LogP contribution in [0.15, 0.2) is 77.2 Å². The summed E-state index contributed by atoms with van der Waals surface area (Å²) >= 11 is 0. The maximum Gasteiger partial charge on any atom is 0.307 e. The third kappa shape index (κ3) is 2.99. The third-order valence-electron chi connectivity index (χ3n) is 7.39. The van der Waals surface area contributed by atoms with Gasteiger partial charge in [-0.3, -0.25) is 9.59 Å². The molecule has 3 heterocycles. The minimum atomic E-state index is -0.569. The Morgan fingerprint density at radius 2 is 2.06 bits per heavy atom. The van der Waals surface area contributed by atoms with E-state index in [1.165, 1.54) is 21.9 Å². The van der Waals surface area contributed by atoms with Crippen molar-refractivity contribution in [2.45, 2.75) is 45.1 Å². The van der Waals surface area contributed by atoms with Gasteiger partial charge in [-0.1, -0.05) is 29.8 Å². The van der Waals surface area contributed by atoms with Gasteiger partial charge >= 0.3 is 5.97 Å². The van der Waals surface area contributed by atoms with E-state index in [4.69, 9.17) is 9.47 Å². The van der Waals surface area contributed by atoms with Crippen LogP contribution in [0.25, 0.3) is 10.8 Å². The van der Waals surface area contributed by atoms with Crippen molar-refractivity contribution in [1.82, 2.24) is 0 Å². The number of hydrogen-bond acceptors (Lipinski definition) is 5. The van der Waals surface area contributed by atoms with Crippen LogP contribution in [0.3, 0.4) is 0 Å². The van der Waals surface area contributed by atoms with E-state index in [1.54, 1.807) is 12.2 Å². The van der Waals surface area contributed by atoms with Crippen molar-refractivity contribution < 1.29 is 19.1 Å². The highest BCUT2D eigenvalue weighted by Crippen LogP contribution is 2.56. The molecular weight excluding hydrogens is 426 g/mol. The molecule has 0 saturated carbocycles. The van der Waals surface area contributed by atoms with Gasteiger partial charge in [-0.05, 0) is 61.4 Å². The molecule has 0 fully saturated rings. The van der Waals surface area contributed by atoms with E-state index in [-0.39, 0.29) is 24.3 Å². The summed E-state index contributed by atoms with van der Waals surface area (Å²) in [4.78, 5) is 27.2.